The second kappa shape index (κ2) is 7.94. The first kappa shape index (κ1) is 18.0. The smallest absolute Gasteiger partial charge is 0.292 e. The van der Waals surface area contributed by atoms with Crippen LogP contribution in [0.1, 0.15) is 0 Å². The Hall–Kier alpha value is -3.38. The van der Waals surface area contributed by atoms with Crippen molar-refractivity contribution < 1.29 is 9.72 Å². The van der Waals surface area contributed by atoms with Crippen molar-refractivity contribution in [1.82, 2.24) is 15.1 Å². The minimum Gasteiger partial charge on any atom is -0.373 e. The third-order valence-corrected chi connectivity index (χ3v) is 3.42. The number of anilines is 1. The standard InChI is InChI=1S/C15H12ClN5O4/c1-2-7-17-13(22)9-18-12-8-19-20(15(23)14(12)16)10-3-5-11(6-4-10)21(24)25/h1,3-6,8,18H,7,9H2,(H,17,22). The van der Waals surface area contributed by atoms with Gasteiger partial charge in [-0.1, -0.05) is 17.5 Å². The molecule has 2 N–H and O–H groups in total. The average Bonchev–Trinajstić information content (AvgIpc) is 2.61. The molecular weight excluding hydrogens is 350 g/mol. The number of non-ortho nitro benzene ring substituents is 1. The van der Waals surface area contributed by atoms with Crippen molar-refractivity contribution in [2.45, 2.75) is 0 Å². The molecule has 0 aliphatic heterocycles. The summed E-state index contributed by atoms with van der Waals surface area (Å²) >= 11 is 6.01. The average molecular weight is 362 g/mol. The Kier molecular flexibility index (Phi) is 5.71. The van der Waals surface area contributed by atoms with Crippen LogP contribution in [0.4, 0.5) is 11.4 Å². The van der Waals surface area contributed by atoms with Crippen LogP contribution in [0.3, 0.4) is 0 Å². The summed E-state index contributed by atoms with van der Waals surface area (Å²) in [7, 11) is 0. The third kappa shape index (κ3) is 4.33. The highest BCUT2D eigenvalue weighted by Crippen LogP contribution is 2.18. The first-order valence-corrected chi connectivity index (χ1v) is 7.28. The fourth-order valence-electron chi connectivity index (χ4n) is 1.84. The summed E-state index contributed by atoms with van der Waals surface area (Å²) in [6, 6.07) is 5.26. The number of aromatic nitrogens is 2. The Bertz CT molecular complexity index is 902. The van der Waals surface area contributed by atoms with Crippen molar-refractivity contribution in [2.24, 2.45) is 0 Å². The monoisotopic (exact) mass is 361 g/mol. The van der Waals surface area contributed by atoms with E-state index in [0.717, 1.165) is 4.68 Å². The summed E-state index contributed by atoms with van der Waals surface area (Å²) in [4.78, 5) is 33.9. The van der Waals surface area contributed by atoms with Crippen LogP contribution in [0.2, 0.25) is 5.02 Å². The van der Waals surface area contributed by atoms with Gasteiger partial charge >= 0.3 is 0 Å². The molecule has 0 aliphatic carbocycles. The lowest BCUT2D eigenvalue weighted by Crippen LogP contribution is -2.31. The van der Waals surface area contributed by atoms with Gasteiger partial charge in [0.2, 0.25) is 5.91 Å². The molecule has 0 aliphatic rings. The lowest BCUT2D eigenvalue weighted by Gasteiger charge is -2.10. The fraction of sp³-hybridized carbons (Fsp3) is 0.133. The van der Waals surface area contributed by atoms with Gasteiger partial charge in [-0.2, -0.15) is 9.78 Å². The molecule has 128 valence electrons. The van der Waals surface area contributed by atoms with Gasteiger partial charge in [-0.15, -0.1) is 6.42 Å². The maximum absolute atomic E-state index is 12.3. The molecule has 1 aromatic carbocycles. The number of hydrogen-bond acceptors (Lipinski definition) is 6. The highest BCUT2D eigenvalue weighted by molar-refractivity contribution is 6.33. The number of carbonyl (C=O) groups is 1. The lowest BCUT2D eigenvalue weighted by atomic mass is 10.3. The molecule has 0 unspecified atom stereocenters. The van der Waals surface area contributed by atoms with E-state index in [4.69, 9.17) is 18.0 Å². The Balaban J connectivity index is 2.20. The van der Waals surface area contributed by atoms with E-state index < -0.39 is 10.5 Å². The first-order chi connectivity index (χ1) is 11.9. The molecule has 0 atom stereocenters. The number of hydrogen-bond donors (Lipinski definition) is 2. The summed E-state index contributed by atoms with van der Waals surface area (Å²) in [5, 5.41) is 19.6. The number of nitro benzene ring substituents is 1. The van der Waals surface area contributed by atoms with Crippen LogP contribution in [-0.2, 0) is 4.79 Å². The van der Waals surface area contributed by atoms with Gasteiger partial charge in [-0.05, 0) is 12.1 Å². The fourth-order valence-corrected chi connectivity index (χ4v) is 2.04. The molecule has 1 aromatic heterocycles. The van der Waals surface area contributed by atoms with E-state index in [9.17, 15) is 19.7 Å². The molecule has 0 spiro atoms. The van der Waals surface area contributed by atoms with E-state index in [0.29, 0.717) is 5.69 Å². The zero-order valence-corrected chi connectivity index (χ0v) is 13.5. The number of nitro groups is 1. The molecule has 0 saturated carbocycles. The number of halogens is 1. The lowest BCUT2D eigenvalue weighted by molar-refractivity contribution is -0.384. The molecule has 10 heteroatoms. The minimum absolute atomic E-state index is 0.0915. The van der Waals surface area contributed by atoms with E-state index in [1.807, 2.05) is 0 Å². The molecule has 25 heavy (non-hydrogen) atoms. The molecular formula is C15H12ClN5O4. The van der Waals surface area contributed by atoms with Gasteiger partial charge in [-0.3, -0.25) is 19.7 Å². The maximum atomic E-state index is 12.3. The van der Waals surface area contributed by atoms with Crippen LogP contribution < -0.4 is 16.2 Å². The summed E-state index contributed by atoms with van der Waals surface area (Å²) in [6.07, 6.45) is 6.31. The molecule has 0 fully saturated rings. The number of carbonyl (C=O) groups excluding carboxylic acids is 1. The molecule has 1 amide bonds. The van der Waals surface area contributed by atoms with E-state index in [1.165, 1.54) is 30.5 Å². The third-order valence-electron chi connectivity index (χ3n) is 3.05. The molecule has 9 nitrogen and oxygen atoms in total. The first-order valence-electron chi connectivity index (χ1n) is 6.90. The van der Waals surface area contributed by atoms with Crippen LogP contribution in [-0.4, -0.2) is 33.7 Å². The molecule has 2 rings (SSSR count). The van der Waals surface area contributed by atoms with Crippen LogP contribution >= 0.6 is 11.6 Å². The van der Waals surface area contributed by atoms with Gasteiger partial charge in [-0.25, -0.2) is 0 Å². The zero-order valence-electron chi connectivity index (χ0n) is 12.7. The van der Waals surface area contributed by atoms with E-state index in [-0.39, 0.29) is 35.4 Å². The topological polar surface area (TPSA) is 119 Å². The van der Waals surface area contributed by atoms with Crippen LogP contribution in [0.15, 0.2) is 35.3 Å². The summed E-state index contributed by atoms with van der Waals surface area (Å²) in [6.45, 7) is -0.0434. The van der Waals surface area contributed by atoms with Crippen LogP contribution in [0, 0.1) is 22.5 Å². The number of benzene rings is 1. The Morgan fingerprint density at radius 3 is 2.68 bits per heavy atom. The van der Waals surface area contributed by atoms with E-state index in [2.05, 4.69) is 21.7 Å². The number of terminal acetylenes is 1. The second-order valence-corrected chi connectivity index (χ2v) is 5.08. The predicted octanol–water partition coefficient (Wildman–Crippen LogP) is 0.955. The number of rotatable bonds is 6. The second-order valence-electron chi connectivity index (χ2n) is 4.70. The normalized spacial score (nSPS) is 9.92. The molecule has 2 aromatic rings. The van der Waals surface area contributed by atoms with Gasteiger partial charge in [0.05, 0.1) is 35.6 Å². The van der Waals surface area contributed by atoms with Crippen molar-refractivity contribution in [1.29, 1.82) is 0 Å². The largest absolute Gasteiger partial charge is 0.373 e. The zero-order chi connectivity index (χ0) is 18.4. The number of amides is 1. The van der Waals surface area contributed by atoms with Crippen molar-refractivity contribution in [3.8, 4) is 18.0 Å². The Labute approximate surface area is 146 Å². The van der Waals surface area contributed by atoms with Crippen LogP contribution in [0.5, 0.6) is 0 Å². The van der Waals surface area contributed by atoms with Crippen molar-refractivity contribution in [2.75, 3.05) is 18.4 Å². The van der Waals surface area contributed by atoms with Crippen molar-refractivity contribution in [3.05, 3.63) is 56.0 Å². The Morgan fingerprint density at radius 2 is 2.08 bits per heavy atom. The highest BCUT2D eigenvalue weighted by Gasteiger charge is 2.12. The molecule has 0 radical (unpaired) electrons. The summed E-state index contributed by atoms with van der Waals surface area (Å²) < 4.78 is 0.996. The Morgan fingerprint density at radius 1 is 1.40 bits per heavy atom. The SMILES string of the molecule is C#CCNC(=O)CNc1cnn(-c2ccc([N+](=O)[O-])cc2)c(=O)c1Cl. The molecule has 0 saturated heterocycles. The van der Waals surface area contributed by atoms with Gasteiger partial charge in [0, 0.05) is 12.1 Å². The summed E-state index contributed by atoms with van der Waals surface area (Å²) in [5.41, 5.74) is -0.250. The highest BCUT2D eigenvalue weighted by atomic mass is 35.5. The van der Waals surface area contributed by atoms with Gasteiger partial charge in [0.25, 0.3) is 11.2 Å². The van der Waals surface area contributed by atoms with Gasteiger partial charge in [0.15, 0.2) is 0 Å². The number of nitrogens with zero attached hydrogens (tertiary/aromatic N) is 3. The van der Waals surface area contributed by atoms with Crippen molar-refractivity contribution >= 4 is 28.9 Å². The predicted molar refractivity (Wildman–Crippen MR) is 91.8 cm³/mol. The van der Waals surface area contributed by atoms with Crippen LogP contribution in [0.25, 0.3) is 5.69 Å². The quantitative estimate of drug-likeness (QED) is 0.449. The van der Waals surface area contributed by atoms with Gasteiger partial charge in [0.1, 0.15) is 5.02 Å². The van der Waals surface area contributed by atoms with Gasteiger partial charge < -0.3 is 10.6 Å². The van der Waals surface area contributed by atoms with E-state index >= 15 is 0 Å². The molecule has 0 bridgehead atoms. The van der Waals surface area contributed by atoms with Crippen molar-refractivity contribution in [3.63, 3.8) is 0 Å². The molecule has 1 heterocycles. The number of nitrogens with one attached hydrogen (secondary N) is 2. The van der Waals surface area contributed by atoms with E-state index in [1.54, 1.807) is 0 Å². The summed E-state index contributed by atoms with van der Waals surface area (Å²) in [5.74, 6) is 1.89. The minimum atomic E-state index is -0.635. The maximum Gasteiger partial charge on any atom is 0.292 e.